The van der Waals surface area contributed by atoms with Crippen molar-refractivity contribution in [2.24, 2.45) is 0 Å². The number of halogens is 2. The number of ether oxygens (including phenoxy) is 1. The molecular weight excluding hydrogens is 328 g/mol. The summed E-state index contributed by atoms with van der Waals surface area (Å²) in [6.07, 6.45) is 1.83. The summed E-state index contributed by atoms with van der Waals surface area (Å²) in [5.74, 6) is 1.62. The van der Waals surface area contributed by atoms with Gasteiger partial charge in [0.25, 0.3) is 0 Å². The lowest BCUT2D eigenvalue weighted by molar-refractivity contribution is 0.295. The number of hydrogen-bond donors (Lipinski definition) is 0. The largest absolute Gasteiger partial charge is 0.486 e. The van der Waals surface area contributed by atoms with Crippen molar-refractivity contribution in [3.8, 4) is 5.75 Å². The molecule has 0 spiro atoms. The van der Waals surface area contributed by atoms with Gasteiger partial charge in [-0.2, -0.15) is 0 Å². The highest BCUT2D eigenvalue weighted by molar-refractivity contribution is 9.10. The summed E-state index contributed by atoms with van der Waals surface area (Å²) in [6.45, 7) is 0.386. The van der Waals surface area contributed by atoms with E-state index < -0.39 is 0 Å². The van der Waals surface area contributed by atoms with Gasteiger partial charge in [-0.1, -0.05) is 29.8 Å². The standard InChI is InChI=1S/C14H10BrClN2O/c15-14-12-7-6-10(16)8-18(12)13(17-14)9-19-11-4-2-1-3-5-11/h1-8H,9H2. The lowest BCUT2D eigenvalue weighted by atomic mass is 10.3. The van der Waals surface area contributed by atoms with Gasteiger partial charge in [0.05, 0.1) is 10.5 Å². The van der Waals surface area contributed by atoms with E-state index in [1.54, 1.807) is 0 Å². The molecule has 0 radical (unpaired) electrons. The first-order valence-corrected chi connectivity index (χ1v) is 6.91. The number of nitrogens with zero attached hydrogens (tertiary/aromatic N) is 2. The van der Waals surface area contributed by atoms with E-state index in [0.717, 1.165) is 21.7 Å². The van der Waals surface area contributed by atoms with Crippen LogP contribution in [0.15, 0.2) is 53.3 Å². The molecule has 96 valence electrons. The van der Waals surface area contributed by atoms with Crippen molar-refractivity contribution >= 4 is 33.0 Å². The molecular formula is C14H10BrClN2O. The summed E-state index contributed by atoms with van der Waals surface area (Å²) in [6, 6.07) is 13.4. The number of hydrogen-bond acceptors (Lipinski definition) is 2. The molecule has 3 aromatic rings. The highest BCUT2D eigenvalue weighted by atomic mass is 79.9. The number of fused-ring (bicyclic) bond motifs is 1. The van der Waals surface area contributed by atoms with Crippen molar-refractivity contribution in [3.63, 3.8) is 0 Å². The average molecular weight is 338 g/mol. The Morgan fingerprint density at radius 3 is 2.74 bits per heavy atom. The molecule has 0 N–H and O–H groups in total. The molecule has 5 heteroatoms. The molecule has 0 saturated heterocycles. The van der Waals surface area contributed by atoms with Crippen molar-refractivity contribution in [3.05, 3.63) is 64.1 Å². The fourth-order valence-corrected chi connectivity index (χ4v) is 2.54. The van der Waals surface area contributed by atoms with Gasteiger partial charge in [-0.3, -0.25) is 4.40 Å². The Labute approximate surface area is 123 Å². The summed E-state index contributed by atoms with van der Waals surface area (Å²) in [5, 5.41) is 0.665. The number of pyridine rings is 1. The fraction of sp³-hybridized carbons (Fsp3) is 0.0714. The Balaban J connectivity index is 1.91. The van der Waals surface area contributed by atoms with Crippen LogP contribution in [-0.2, 0) is 6.61 Å². The van der Waals surface area contributed by atoms with Crippen LogP contribution in [0.3, 0.4) is 0 Å². The molecule has 0 aliphatic carbocycles. The van der Waals surface area contributed by atoms with E-state index in [4.69, 9.17) is 16.3 Å². The zero-order valence-corrected chi connectivity index (χ0v) is 12.2. The number of imidazole rings is 1. The van der Waals surface area contributed by atoms with E-state index in [2.05, 4.69) is 20.9 Å². The lowest BCUT2D eigenvalue weighted by Crippen LogP contribution is -2.01. The lowest BCUT2D eigenvalue weighted by Gasteiger charge is -2.05. The number of rotatable bonds is 3. The van der Waals surface area contributed by atoms with Crippen LogP contribution in [-0.4, -0.2) is 9.38 Å². The molecule has 0 fully saturated rings. The maximum atomic E-state index is 6.01. The second-order valence-electron chi connectivity index (χ2n) is 4.02. The van der Waals surface area contributed by atoms with E-state index in [1.807, 2.05) is 53.1 Å². The minimum atomic E-state index is 0.386. The average Bonchev–Trinajstić information content (AvgIpc) is 2.74. The summed E-state index contributed by atoms with van der Waals surface area (Å²) in [7, 11) is 0. The molecule has 1 aromatic carbocycles. The molecule has 0 amide bonds. The maximum absolute atomic E-state index is 6.01. The van der Waals surface area contributed by atoms with Gasteiger partial charge in [0.2, 0.25) is 0 Å². The fourth-order valence-electron chi connectivity index (χ4n) is 1.85. The summed E-state index contributed by atoms with van der Waals surface area (Å²) >= 11 is 9.45. The third-order valence-corrected chi connectivity index (χ3v) is 3.55. The molecule has 0 bridgehead atoms. The molecule has 3 nitrogen and oxygen atoms in total. The Bertz CT molecular complexity index is 712. The number of aromatic nitrogens is 2. The monoisotopic (exact) mass is 336 g/mol. The molecule has 2 heterocycles. The molecule has 19 heavy (non-hydrogen) atoms. The second kappa shape index (κ2) is 5.23. The first-order valence-electron chi connectivity index (χ1n) is 5.74. The van der Waals surface area contributed by atoms with Gasteiger partial charge in [0.15, 0.2) is 5.82 Å². The van der Waals surface area contributed by atoms with Gasteiger partial charge in [0.1, 0.15) is 17.0 Å². The number of para-hydroxylation sites is 1. The van der Waals surface area contributed by atoms with Gasteiger partial charge in [0, 0.05) is 6.20 Å². The number of benzene rings is 1. The summed E-state index contributed by atoms with van der Waals surface area (Å²) in [4.78, 5) is 4.44. The molecule has 0 saturated carbocycles. The Kier molecular flexibility index (Phi) is 3.44. The minimum absolute atomic E-state index is 0.386. The van der Waals surface area contributed by atoms with Crippen LogP contribution in [0.1, 0.15) is 5.82 Å². The van der Waals surface area contributed by atoms with Crippen LogP contribution in [0.4, 0.5) is 0 Å². The molecule has 2 aromatic heterocycles. The van der Waals surface area contributed by atoms with Crippen molar-refractivity contribution in [2.45, 2.75) is 6.61 Å². The zero-order chi connectivity index (χ0) is 13.2. The first kappa shape index (κ1) is 12.5. The van der Waals surface area contributed by atoms with Crippen LogP contribution in [0, 0.1) is 0 Å². The zero-order valence-electron chi connectivity index (χ0n) is 9.88. The van der Waals surface area contributed by atoms with Gasteiger partial charge in [-0.05, 0) is 40.2 Å². The van der Waals surface area contributed by atoms with Gasteiger partial charge in [-0.25, -0.2) is 4.98 Å². The highest BCUT2D eigenvalue weighted by Crippen LogP contribution is 2.22. The van der Waals surface area contributed by atoms with E-state index in [1.165, 1.54) is 0 Å². The Morgan fingerprint density at radius 1 is 1.16 bits per heavy atom. The normalized spacial score (nSPS) is 10.8. The quantitative estimate of drug-likeness (QED) is 0.711. The predicted octanol–water partition coefficient (Wildman–Crippen LogP) is 4.33. The third kappa shape index (κ3) is 2.60. The van der Waals surface area contributed by atoms with Crippen molar-refractivity contribution in [2.75, 3.05) is 0 Å². The van der Waals surface area contributed by atoms with Crippen LogP contribution >= 0.6 is 27.5 Å². The molecule has 0 unspecified atom stereocenters. The predicted molar refractivity (Wildman–Crippen MR) is 78.7 cm³/mol. The van der Waals surface area contributed by atoms with Crippen LogP contribution in [0.5, 0.6) is 5.75 Å². The first-order chi connectivity index (χ1) is 9.24. The van der Waals surface area contributed by atoms with Gasteiger partial charge < -0.3 is 4.74 Å². The smallest absolute Gasteiger partial charge is 0.152 e. The van der Waals surface area contributed by atoms with E-state index >= 15 is 0 Å². The topological polar surface area (TPSA) is 26.5 Å². The third-order valence-electron chi connectivity index (χ3n) is 2.74. The molecule has 3 rings (SSSR count). The Hall–Kier alpha value is -1.52. The maximum Gasteiger partial charge on any atom is 0.152 e. The molecule has 0 aliphatic heterocycles. The van der Waals surface area contributed by atoms with Crippen molar-refractivity contribution < 1.29 is 4.74 Å². The van der Waals surface area contributed by atoms with Crippen molar-refractivity contribution in [1.82, 2.24) is 9.38 Å². The van der Waals surface area contributed by atoms with E-state index in [0.29, 0.717) is 11.6 Å². The molecule has 0 atom stereocenters. The summed E-state index contributed by atoms with van der Waals surface area (Å²) < 4.78 is 8.42. The SMILES string of the molecule is Clc1ccc2c(Br)nc(COc3ccccc3)n2c1. The van der Waals surface area contributed by atoms with Crippen molar-refractivity contribution in [1.29, 1.82) is 0 Å². The van der Waals surface area contributed by atoms with E-state index in [-0.39, 0.29) is 0 Å². The second-order valence-corrected chi connectivity index (χ2v) is 5.21. The molecule has 0 aliphatic rings. The van der Waals surface area contributed by atoms with E-state index in [9.17, 15) is 0 Å². The van der Waals surface area contributed by atoms with Gasteiger partial charge in [-0.15, -0.1) is 0 Å². The minimum Gasteiger partial charge on any atom is -0.486 e. The van der Waals surface area contributed by atoms with Crippen LogP contribution in [0.2, 0.25) is 5.02 Å². The van der Waals surface area contributed by atoms with Crippen LogP contribution < -0.4 is 4.74 Å². The summed E-state index contributed by atoms with van der Waals surface area (Å²) in [5.41, 5.74) is 0.969. The van der Waals surface area contributed by atoms with Crippen LogP contribution in [0.25, 0.3) is 5.52 Å². The van der Waals surface area contributed by atoms with Gasteiger partial charge >= 0.3 is 0 Å². The Morgan fingerprint density at radius 2 is 1.95 bits per heavy atom. The highest BCUT2D eigenvalue weighted by Gasteiger charge is 2.09.